The Kier molecular flexibility index (Phi) is 7.47. The SMILES string of the molecule is CCCNC(C)(CCSc1nnc(C)s1)C(=O)OCC. The van der Waals surface area contributed by atoms with Gasteiger partial charge in [0.25, 0.3) is 0 Å². The van der Waals surface area contributed by atoms with Crippen LogP contribution < -0.4 is 5.32 Å². The number of nitrogens with zero attached hydrogens (tertiary/aromatic N) is 2. The number of carbonyl (C=O) groups is 1. The molecule has 0 amide bonds. The quantitative estimate of drug-likeness (QED) is 0.558. The van der Waals surface area contributed by atoms with Gasteiger partial charge in [0.1, 0.15) is 10.5 Å². The van der Waals surface area contributed by atoms with E-state index in [-0.39, 0.29) is 5.97 Å². The highest BCUT2D eigenvalue weighted by Gasteiger charge is 2.33. The van der Waals surface area contributed by atoms with Gasteiger partial charge in [-0.3, -0.25) is 4.79 Å². The number of aryl methyl sites for hydroxylation is 1. The van der Waals surface area contributed by atoms with Gasteiger partial charge in [-0.25, -0.2) is 0 Å². The number of hydrogen-bond donors (Lipinski definition) is 1. The molecule has 0 fully saturated rings. The Morgan fingerprint density at radius 1 is 1.45 bits per heavy atom. The number of esters is 1. The zero-order valence-electron chi connectivity index (χ0n) is 12.6. The van der Waals surface area contributed by atoms with E-state index in [0.29, 0.717) is 13.0 Å². The lowest BCUT2D eigenvalue weighted by Crippen LogP contribution is -2.51. The van der Waals surface area contributed by atoms with E-state index in [0.717, 1.165) is 28.1 Å². The highest BCUT2D eigenvalue weighted by atomic mass is 32.2. The van der Waals surface area contributed by atoms with Gasteiger partial charge >= 0.3 is 5.97 Å². The first-order chi connectivity index (χ1) is 9.51. The number of rotatable bonds is 9. The molecule has 1 atom stereocenters. The van der Waals surface area contributed by atoms with Crippen LogP contribution in [0.4, 0.5) is 0 Å². The van der Waals surface area contributed by atoms with E-state index in [4.69, 9.17) is 4.74 Å². The molecule has 0 aliphatic carbocycles. The Morgan fingerprint density at radius 2 is 2.20 bits per heavy atom. The lowest BCUT2D eigenvalue weighted by Gasteiger charge is -2.28. The average Bonchev–Trinajstić information content (AvgIpc) is 2.82. The molecule has 0 aliphatic heterocycles. The van der Waals surface area contributed by atoms with Crippen LogP contribution in [0.15, 0.2) is 4.34 Å². The van der Waals surface area contributed by atoms with E-state index >= 15 is 0 Å². The van der Waals surface area contributed by atoms with E-state index in [9.17, 15) is 4.79 Å². The molecule has 0 aliphatic rings. The van der Waals surface area contributed by atoms with Gasteiger partial charge in [-0.15, -0.1) is 10.2 Å². The molecule has 7 heteroatoms. The van der Waals surface area contributed by atoms with Gasteiger partial charge in [-0.05, 0) is 40.2 Å². The van der Waals surface area contributed by atoms with Crippen LogP contribution in [0.1, 0.15) is 38.6 Å². The number of thioether (sulfide) groups is 1. The minimum absolute atomic E-state index is 0.178. The maximum Gasteiger partial charge on any atom is 0.326 e. The van der Waals surface area contributed by atoms with Crippen LogP contribution in [0.2, 0.25) is 0 Å². The molecule has 0 bridgehead atoms. The summed E-state index contributed by atoms with van der Waals surface area (Å²) in [6.45, 7) is 8.97. The second kappa shape index (κ2) is 8.59. The molecule has 1 N–H and O–H groups in total. The van der Waals surface area contributed by atoms with Crippen LogP contribution in [0.25, 0.3) is 0 Å². The van der Waals surface area contributed by atoms with Gasteiger partial charge in [0.15, 0.2) is 4.34 Å². The van der Waals surface area contributed by atoms with E-state index < -0.39 is 5.54 Å². The molecule has 20 heavy (non-hydrogen) atoms. The fraction of sp³-hybridized carbons (Fsp3) is 0.769. The van der Waals surface area contributed by atoms with Crippen molar-refractivity contribution in [1.29, 1.82) is 0 Å². The molecule has 0 saturated carbocycles. The van der Waals surface area contributed by atoms with E-state index in [1.54, 1.807) is 23.1 Å². The largest absolute Gasteiger partial charge is 0.465 e. The first-order valence-electron chi connectivity index (χ1n) is 6.87. The number of carbonyl (C=O) groups excluding carboxylic acids is 1. The minimum atomic E-state index is -0.626. The summed E-state index contributed by atoms with van der Waals surface area (Å²) in [4.78, 5) is 12.1. The normalized spacial score (nSPS) is 14.0. The van der Waals surface area contributed by atoms with Crippen molar-refractivity contribution in [3.05, 3.63) is 5.01 Å². The molecular weight excluding hydrogens is 294 g/mol. The highest BCUT2D eigenvalue weighted by Crippen LogP contribution is 2.25. The summed E-state index contributed by atoms with van der Waals surface area (Å²) < 4.78 is 6.12. The maximum atomic E-state index is 12.1. The van der Waals surface area contributed by atoms with Gasteiger partial charge in [-0.2, -0.15) is 0 Å². The van der Waals surface area contributed by atoms with Crippen LogP contribution >= 0.6 is 23.1 Å². The number of ether oxygens (including phenoxy) is 1. The number of hydrogen-bond acceptors (Lipinski definition) is 7. The highest BCUT2D eigenvalue weighted by molar-refractivity contribution is 8.01. The summed E-state index contributed by atoms with van der Waals surface area (Å²) in [7, 11) is 0. The van der Waals surface area contributed by atoms with Crippen LogP contribution in [0.5, 0.6) is 0 Å². The first kappa shape index (κ1) is 17.4. The molecule has 1 aromatic heterocycles. The Labute approximate surface area is 128 Å². The molecule has 1 unspecified atom stereocenters. The van der Waals surface area contributed by atoms with Crippen LogP contribution in [-0.2, 0) is 9.53 Å². The summed E-state index contributed by atoms with van der Waals surface area (Å²) in [5.74, 6) is 0.628. The smallest absolute Gasteiger partial charge is 0.326 e. The van der Waals surface area contributed by atoms with Gasteiger partial charge in [0, 0.05) is 5.75 Å². The Balaban J connectivity index is 2.53. The molecule has 0 radical (unpaired) electrons. The second-order valence-electron chi connectivity index (χ2n) is 4.66. The summed E-state index contributed by atoms with van der Waals surface area (Å²) in [5, 5.41) is 12.3. The van der Waals surface area contributed by atoms with Crippen LogP contribution in [0.3, 0.4) is 0 Å². The molecule has 5 nitrogen and oxygen atoms in total. The third-order valence-electron chi connectivity index (χ3n) is 2.83. The van der Waals surface area contributed by atoms with Crippen molar-refractivity contribution in [3.8, 4) is 0 Å². The van der Waals surface area contributed by atoms with Crippen LogP contribution in [0, 0.1) is 6.92 Å². The van der Waals surface area contributed by atoms with E-state index in [1.165, 1.54) is 0 Å². The Morgan fingerprint density at radius 3 is 2.75 bits per heavy atom. The second-order valence-corrected chi connectivity index (χ2v) is 7.19. The molecule has 1 rings (SSSR count). The van der Waals surface area contributed by atoms with Crippen molar-refractivity contribution >= 4 is 29.1 Å². The summed E-state index contributed by atoms with van der Waals surface area (Å²) in [6.07, 6.45) is 1.69. The minimum Gasteiger partial charge on any atom is -0.465 e. The van der Waals surface area contributed by atoms with Gasteiger partial charge in [0.05, 0.1) is 6.61 Å². The molecule has 114 valence electrons. The van der Waals surface area contributed by atoms with Crippen LogP contribution in [-0.4, -0.2) is 40.6 Å². The topological polar surface area (TPSA) is 64.1 Å². The average molecular weight is 317 g/mol. The fourth-order valence-electron chi connectivity index (χ4n) is 1.63. The summed E-state index contributed by atoms with van der Waals surface area (Å²) in [6, 6.07) is 0. The standard InChI is InChI=1S/C13H23N3O2S2/c1-5-8-14-13(4,11(17)18-6-2)7-9-19-12-16-15-10(3)20-12/h14H,5-9H2,1-4H3. The molecule has 1 aromatic rings. The van der Waals surface area contributed by atoms with Crippen molar-refractivity contribution in [1.82, 2.24) is 15.5 Å². The Hall–Kier alpha value is -0.660. The third kappa shape index (κ3) is 5.38. The zero-order chi connectivity index (χ0) is 15.0. The lowest BCUT2D eigenvalue weighted by molar-refractivity contribution is -0.150. The van der Waals surface area contributed by atoms with Crippen molar-refractivity contribution in [3.63, 3.8) is 0 Å². The third-order valence-corrected chi connectivity index (χ3v) is 4.80. The lowest BCUT2D eigenvalue weighted by atomic mass is 9.99. The predicted molar refractivity (Wildman–Crippen MR) is 83.3 cm³/mol. The van der Waals surface area contributed by atoms with Crippen molar-refractivity contribution in [2.45, 2.75) is 50.4 Å². The van der Waals surface area contributed by atoms with Gasteiger partial charge in [0.2, 0.25) is 0 Å². The number of nitrogens with one attached hydrogen (secondary N) is 1. The molecule has 0 spiro atoms. The van der Waals surface area contributed by atoms with Crippen molar-refractivity contribution in [2.75, 3.05) is 18.9 Å². The molecule has 0 saturated heterocycles. The van der Waals surface area contributed by atoms with Gasteiger partial charge in [-0.1, -0.05) is 30.0 Å². The maximum absolute atomic E-state index is 12.1. The van der Waals surface area contributed by atoms with E-state index in [1.807, 2.05) is 20.8 Å². The number of aromatic nitrogens is 2. The first-order valence-corrected chi connectivity index (χ1v) is 8.67. The van der Waals surface area contributed by atoms with Crippen molar-refractivity contribution in [2.24, 2.45) is 0 Å². The predicted octanol–water partition coefficient (Wildman–Crippen LogP) is 2.65. The summed E-state index contributed by atoms with van der Waals surface area (Å²) >= 11 is 3.21. The molecule has 1 heterocycles. The van der Waals surface area contributed by atoms with Crippen molar-refractivity contribution < 1.29 is 9.53 Å². The molecular formula is C13H23N3O2S2. The van der Waals surface area contributed by atoms with E-state index in [2.05, 4.69) is 22.4 Å². The fourth-order valence-corrected chi connectivity index (χ4v) is 3.68. The van der Waals surface area contributed by atoms with Gasteiger partial charge < -0.3 is 10.1 Å². The Bertz CT molecular complexity index is 426. The molecule has 0 aromatic carbocycles. The monoisotopic (exact) mass is 317 g/mol. The zero-order valence-corrected chi connectivity index (χ0v) is 14.2. The summed E-state index contributed by atoms with van der Waals surface area (Å²) in [5.41, 5.74) is -0.626.